The number of unbranched alkanes of at least 4 members (excludes halogenated alkanes) is 1. The Morgan fingerprint density at radius 3 is 2.40 bits per heavy atom. The van der Waals surface area contributed by atoms with Gasteiger partial charge in [0.05, 0.1) is 18.3 Å². The van der Waals surface area contributed by atoms with Gasteiger partial charge in [-0.3, -0.25) is 9.69 Å². The third-order valence-corrected chi connectivity index (χ3v) is 7.43. The summed E-state index contributed by atoms with van der Waals surface area (Å²) in [6.45, 7) is 7.87. The van der Waals surface area contributed by atoms with Gasteiger partial charge in [0.1, 0.15) is 22.6 Å². The molecule has 4 rings (SSSR count). The van der Waals surface area contributed by atoms with Gasteiger partial charge < -0.3 is 19.2 Å². The van der Waals surface area contributed by atoms with Gasteiger partial charge in [-0.25, -0.2) is 9.59 Å². The number of rotatable bonds is 12. The van der Waals surface area contributed by atoms with Crippen molar-refractivity contribution in [3.8, 4) is 11.5 Å². The van der Waals surface area contributed by atoms with Crippen LogP contribution in [0.3, 0.4) is 0 Å². The number of imide groups is 1. The van der Waals surface area contributed by atoms with Crippen LogP contribution in [0.2, 0.25) is 0 Å². The zero-order valence-electron chi connectivity index (χ0n) is 24.1. The maximum atomic E-state index is 13.5. The number of hydrogen-bond donors (Lipinski definition) is 1. The molecule has 0 spiro atoms. The van der Waals surface area contributed by atoms with E-state index in [-0.39, 0.29) is 36.1 Å². The Morgan fingerprint density at radius 1 is 1.05 bits per heavy atom. The van der Waals surface area contributed by atoms with E-state index in [9.17, 15) is 27.6 Å². The van der Waals surface area contributed by atoms with Gasteiger partial charge in [0.15, 0.2) is 0 Å². The molecule has 3 aromatic rings. The van der Waals surface area contributed by atoms with Crippen molar-refractivity contribution in [1.29, 1.82) is 0 Å². The Balaban J connectivity index is 1.39. The molecule has 2 unspecified atom stereocenters. The van der Waals surface area contributed by atoms with Crippen molar-refractivity contribution < 1.29 is 36.7 Å². The van der Waals surface area contributed by atoms with E-state index in [4.69, 9.17) is 13.9 Å². The van der Waals surface area contributed by atoms with Crippen molar-refractivity contribution in [2.75, 3.05) is 13.2 Å². The lowest BCUT2D eigenvalue weighted by molar-refractivity contribution is -0.136. The minimum absolute atomic E-state index is 0.0566. The molecule has 0 aliphatic carbocycles. The van der Waals surface area contributed by atoms with Crippen LogP contribution in [-0.4, -0.2) is 36.1 Å². The number of nitrogens with one attached hydrogen (secondary N) is 1. The molecule has 0 saturated carbocycles. The second kappa shape index (κ2) is 12.5. The van der Waals surface area contributed by atoms with Crippen LogP contribution in [0.4, 0.5) is 18.0 Å². The maximum absolute atomic E-state index is 13.5. The SMILES string of the molecule is CCCc1c(OCCCCN2C(=O)NC(C)(c3ccc(OC(C)CC)cc3)C2=O)ccc2c(C(F)(F)F)cc(=O)oc12. The van der Waals surface area contributed by atoms with Crippen molar-refractivity contribution in [2.24, 2.45) is 0 Å². The van der Waals surface area contributed by atoms with Crippen molar-refractivity contribution in [3.63, 3.8) is 0 Å². The Labute approximate surface area is 241 Å². The van der Waals surface area contributed by atoms with E-state index in [1.807, 2.05) is 20.8 Å². The molecule has 2 heterocycles. The van der Waals surface area contributed by atoms with Gasteiger partial charge in [-0.2, -0.15) is 13.2 Å². The summed E-state index contributed by atoms with van der Waals surface area (Å²) in [7, 11) is 0. The molecule has 1 saturated heterocycles. The molecular formula is C31H35F3N2O6. The molecule has 2 aromatic carbocycles. The van der Waals surface area contributed by atoms with Gasteiger partial charge in [0, 0.05) is 23.6 Å². The fourth-order valence-corrected chi connectivity index (χ4v) is 4.95. The van der Waals surface area contributed by atoms with Crippen molar-refractivity contribution in [3.05, 3.63) is 69.6 Å². The van der Waals surface area contributed by atoms with E-state index in [2.05, 4.69) is 5.32 Å². The number of ether oxygens (including phenoxy) is 2. The van der Waals surface area contributed by atoms with Gasteiger partial charge in [-0.15, -0.1) is 0 Å². The lowest BCUT2D eigenvalue weighted by atomic mass is 9.92. The standard InChI is InChI=1S/C31H35F3N2O6/c1-5-9-23-25(15-14-22-24(31(32,33)34)18-26(37)42-27(22)23)40-17-8-7-16-36-28(38)30(4,35-29(36)39)20-10-12-21(13-11-20)41-19(3)6-2/h10-15,18-19H,5-9,16-17H2,1-4H3,(H,35,39). The van der Waals surface area contributed by atoms with Crippen LogP contribution < -0.4 is 20.4 Å². The highest BCUT2D eigenvalue weighted by Crippen LogP contribution is 2.38. The summed E-state index contributed by atoms with van der Waals surface area (Å²) in [5.74, 6) is 0.649. The van der Waals surface area contributed by atoms with Crippen LogP contribution >= 0.6 is 0 Å². The van der Waals surface area contributed by atoms with Crippen molar-refractivity contribution in [1.82, 2.24) is 10.2 Å². The highest BCUT2D eigenvalue weighted by atomic mass is 19.4. The third kappa shape index (κ3) is 6.39. The predicted molar refractivity (Wildman–Crippen MR) is 151 cm³/mol. The number of carbonyl (C=O) groups is 2. The van der Waals surface area contributed by atoms with E-state index in [0.717, 1.165) is 6.42 Å². The summed E-state index contributed by atoms with van der Waals surface area (Å²) in [6, 6.07) is 9.75. The lowest BCUT2D eigenvalue weighted by Crippen LogP contribution is -2.41. The molecule has 1 N–H and O–H groups in total. The average Bonchev–Trinajstić information content (AvgIpc) is 3.16. The molecule has 42 heavy (non-hydrogen) atoms. The average molecular weight is 589 g/mol. The first-order chi connectivity index (χ1) is 19.9. The van der Waals surface area contributed by atoms with E-state index < -0.39 is 28.9 Å². The summed E-state index contributed by atoms with van der Waals surface area (Å²) in [6.07, 6.45) is -1.94. The van der Waals surface area contributed by atoms with E-state index >= 15 is 0 Å². The molecule has 0 radical (unpaired) electrons. The summed E-state index contributed by atoms with van der Waals surface area (Å²) in [5.41, 5.74) is -2.44. The number of aryl methyl sites for hydroxylation is 1. The Morgan fingerprint density at radius 2 is 1.76 bits per heavy atom. The normalized spacial score (nSPS) is 17.9. The number of fused-ring (bicyclic) bond motifs is 1. The van der Waals surface area contributed by atoms with Crippen LogP contribution in [0, 0.1) is 0 Å². The lowest BCUT2D eigenvalue weighted by Gasteiger charge is -2.23. The second-order valence-electron chi connectivity index (χ2n) is 10.6. The molecule has 8 nitrogen and oxygen atoms in total. The third-order valence-electron chi connectivity index (χ3n) is 7.43. The van der Waals surface area contributed by atoms with Crippen LogP contribution in [0.15, 0.2) is 51.7 Å². The Bertz CT molecular complexity index is 1500. The molecule has 1 aromatic heterocycles. The van der Waals surface area contributed by atoms with Crippen LogP contribution in [0.5, 0.6) is 11.5 Å². The van der Waals surface area contributed by atoms with Crippen molar-refractivity contribution in [2.45, 2.75) is 77.6 Å². The van der Waals surface area contributed by atoms with E-state index in [1.54, 1.807) is 31.2 Å². The number of carbonyl (C=O) groups excluding carboxylic acids is 2. The molecule has 3 amide bonds. The van der Waals surface area contributed by atoms with Crippen LogP contribution in [-0.2, 0) is 22.9 Å². The predicted octanol–water partition coefficient (Wildman–Crippen LogP) is 6.57. The minimum Gasteiger partial charge on any atom is -0.493 e. The number of amides is 3. The smallest absolute Gasteiger partial charge is 0.417 e. The van der Waals surface area contributed by atoms with Gasteiger partial charge in [-0.1, -0.05) is 32.4 Å². The van der Waals surface area contributed by atoms with E-state index in [1.165, 1.54) is 17.0 Å². The summed E-state index contributed by atoms with van der Waals surface area (Å²) < 4.78 is 57.5. The van der Waals surface area contributed by atoms with Gasteiger partial charge >= 0.3 is 17.8 Å². The maximum Gasteiger partial charge on any atom is 0.417 e. The molecule has 0 bridgehead atoms. The molecule has 11 heteroatoms. The monoisotopic (exact) mass is 588 g/mol. The minimum atomic E-state index is -4.71. The zero-order valence-corrected chi connectivity index (χ0v) is 24.1. The molecular weight excluding hydrogens is 553 g/mol. The fourth-order valence-electron chi connectivity index (χ4n) is 4.95. The van der Waals surface area contributed by atoms with Gasteiger partial charge in [0.2, 0.25) is 0 Å². The first-order valence-electron chi connectivity index (χ1n) is 14.1. The number of urea groups is 1. The first-order valence-corrected chi connectivity index (χ1v) is 14.1. The highest BCUT2D eigenvalue weighted by Gasteiger charge is 2.48. The van der Waals surface area contributed by atoms with Crippen LogP contribution in [0.25, 0.3) is 11.0 Å². The number of hydrogen-bond acceptors (Lipinski definition) is 6. The fraction of sp³-hybridized carbons (Fsp3) is 0.452. The van der Waals surface area contributed by atoms with Crippen molar-refractivity contribution >= 4 is 22.9 Å². The number of alkyl halides is 3. The Hall–Kier alpha value is -4.02. The molecule has 2 atom stereocenters. The second-order valence-corrected chi connectivity index (χ2v) is 10.6. The molecule has 1 aliphatic rings. The zero-order chi connectivity index (χ0) is 30.7. The first kappa shape index (κ1) is 30.9. The summed E-state index contributed by atoms with van der Waals surface area (Å²) in [4.78, 5) is 39.1. The quantitative estimate of drug-likeness (QED) is 0.146. The molecule has 226 valence electrons. The summed E-state index contributed by atoms with van der Waals surface area (Å²) in [5, 5.41) is 2.60. The van der Waals surface area contributed by atoms with Crippen LogP contribution in [0.1, 0.15) is 70.1 Å². The molecule has 1 fully saturated rings. The number of nitrogens with zero attached hydrogens (tertiary/aromatic N) is 1. The van der Waals surface area contributed by atoms with Gasteiger partial charge in [-0.05, 0) is 69.4 Å². The summed E-state index contributed by atoms with van der Waals surface area (Å²) >= 11 is 0. The molecule has 1 aliphatic heterocycles. The topological polar surface area (TPSA) is 98.1 Å². The van der Waals surface area contributed by atoms with E-state index in [0.29, 0.717) is 54.4 Å². The highest BCUT2D eigenvalue weighted by molar-refractivity contribution is 6.07. The largest absolute Gasteiger partial charge is 0.493 e. The number of benzene rings is 2. The van der Waals surface area contributed by atoms with Gasteiger partial charge in [0.25, 0.3) is 5.91 Å². The number of halogens is 3. The Kier molecular flexibility index (Phi) is 9.18.